The molecule has 76 heavy (non-hydrogen) atoms. The molecule has 0 atom stereocenters. The Kier molecular flexibility index (Phi) is 24.1. The fourth-order valence-corrected chi connectivity index (χ4v) is 10.9. The van der Waals surface area contributed by atoms with Crippen LogP contribution in [-0.2, 0) is 25.7 Å². The van der Waals surface area contributed by atoms with E-state index in [1.54, 1.807) is 0 Å². The van der Waals surface area contributed by atoms with Crippen molar-refractivity contribution in [2.75, 3.05) is 21.3 Å². The highest BCUT2D eigenvalue weighted by molar-refractivity contribution is 6.35. The number of hydrogen-bond acceptors (Lipinski definition) is 6. The van der Waals surface area contributed by atoms with E-state index in [0.717, 1.165) is 48.4 Å². The summed E-state index contributed by atoms with van der Waals surface area (Å²) in [5.74, 6) is -0.408. The number of carbonyl (C=O) groups excluding carboxylic acids is 2. The Morgan fingerprint density at radius 3 is 0.618 bits per heavy atom. The third kappa shape index (κ3) is 17.4. The predicted molar refractivity (Wildman–Crippen MR) is 327 cm³/mol. The van der Waals surface area contributed by atoms with E-state index < -0.39 is 0 Å². The van der Waals surface area contributed by atoms with Crippen molar-refractivity contribution in [3.8, 4) is 0 Å². The maximum atomic E-state index is 15.8. The molecule has 0 fully saturated rings. The van der Waals surface area contributed by atoms with E-state index in [-0.39, 0.29) is 11.6 Å². The molecule has 1 aliphatic rings. The molecular weight excluding hydrogens is 929 g/mol. The largest absolute Gasteiger partial charge is 0.355 e. The average Bonchev–Trinajstić information content (AvgIpc) is 3.46. The van der Waals surface area contributed by atoms with Crippen molar-refractivity contribution in [2.24, 2.45) is 0 Å². The van der Waals surface area contributed by atoms with Gasteiger partial charge >= 0.3 is 0 Å². The zero-order chi connectivity index (χ0) is 53.2. The van der Waals surface area contributed by atoms with Gasteiger partial charge in [0.1, 0.15) is 0 Å². The van der Waals surface area contributed by atoms with E-state index in [2.05, 4.69) is 146 Å². The molecule has 0 aromatic heterocycles. The molecule has 7 rings (SSSR count). The number of anilines is 8. The minimum atomic E-state index is -0.204. The minimum Gasteiger partial charge on any atom is -0.355 e. The van der Waals surface area contributed by atoms with Gasteiger partial charge in [0.15, 0.2) is 11.6 Å². The van der Waals surface area contributed by atoms with Crippen LogP contribution in [0.3, 0.4) is 0 Å². The summed E-state index contributed by atoms with van der Waals surface area (Å²) in [5.41, 5.74) is 12.6. The SMILES string of the molecule is CCCCCCCCc1ccc(Nc2ccc(Nc3ccc(CCCCCCCC)cc3)c3c2C(=O)c2c(Nc4ccc(CCCCCCCC)cc4)ccc(Nc4ccc(CCCCCCCC)cc4)c2C3=O)cc1. The number of carbonyl (C=O) groups is 2. The highest BCUT2D eigenvalue weighted by Gasteiger charge is 2.38. The lowest BCUT2D eigenvalue weighted by Gasteiger charge is -2.27. The number of hydrogen-bond donors (Lipinski definition) is 4. The number of ketones is 2. The maximum Gasteiger partial charge on any atom is 0.198 e. The summed E-state index contributed by atoms with van der Waals surface area (Å²) < 4.78 is 0. The number of nitrogens with one attached hydrogen (secondary N) is 4. The van der Waals surface area contributed by atoms with Crippen LogP contribution in [0.5, 0.6) is 0 Å². The molecule has 6 aromatic rings. The van der Waals surface area contributed by atoms with Crippen LogP contribution in [0.1, 0.15) is 236 Å². The van der Waals surface area contributed by atoms with Gasteiger partial charge in [-0.25, -0.2) is 0 Å². The monoisotopic (exact) mass is 1020 g/mol. The molecule has 0 amide bonds. The Balaban J connectivity index is 1.21. The van der Waals surface area contributed by atoms with Crippen LogP contribution in [-0.4, -0.2) is 11.6 Å². The Bertz CT molecular complexity index is 2300. The van der Waals surface area contributed by atoms with E-state index in [1.807, 2.05) is 24.3 Å². The second-order valence-electron chi connectivity index (χ2n) is 21.8. The lowest BCUT2D eigenvalue weighted by Crippen LogP contribution is -2.25. The van der Waals surface area contributed by atoms with Gasteiger partial charge < -0.3 is 21.3 Å². The van der Waals surface area contributed by atoms with Crippen molar-refractivity contribution < 1.29 is 9.59 Å². The van der Waals surface area contributed by atoms with Crippen molar-refractivity contribution in [3.63, 3.8) is 0 Å². The number of aryl methyl sites for hydroxylation is 4. The second kappa shape index (κ2) is 31.8. The predicted octanol–water partition coefficient (Wildman–Crippen LogP) is 21.0. The summed E-state index contributed by atoms with van der Waals surface area (Å²) in [6.45, 7) is 9.05. The van der Waals surface area contributed by atoms with E-state index in [1.165, 1.54) is 176 Å². The number of benzene rings is 6. The van der Waals surface area contributed by atoms with E-state index in [9.17, 15) is 0 Å². The molecule has 404 valence electrons. The first-order valence-electron chi connectivity index (χ1n) is 30.3. The van der Waals surface area contributed by atoms with Gasteiger partial charge in [-0.2, -0.15) is 0 Å². The summed E-state index contributed by atoms with van der Waals surface area (Å²) in [5, 5.41) is 14.5. The standard InChI is InChI=1S/C70H92N4O2/c1-5-9-13-17-21-25-29-53-33-41-57(42-34-53)71-61-49-50-62(72-58-43-35-54(36-44-58)30-26-22-18-14-10-6-2)66-65(61)69(75)67-63(73-59-45-37-55(38-46-59)31-27-23-19-15-11-7-3)51-52-64(68(67)70(66)76)74-60-47-39-56(40-48-60)32-28-24-20-16-12-8-4/h33-52,71-74H,5-32H2,1-4H3. The zero-order valence-electron chi connectivity index (χ0n) is 47.2. The third-order valence-electron chi connectivity index (χ3n) is 15.5. The quantitative estimate of drug-likeness (QED) is 0.0293. The fourth-order valence-electron chi connectivity index (χ4n) is 10.9. The molecule has 6 aromatic carbocycles. The van der Waals surface area contributed by atoms with Gasteiger partial charge in [0.25, 0.3) is 0 Å². The Morgan fingerprint density at radius 2 is 0.421 bits per heavy atom. The van der Waals surface area contributed by atoms with Gasteiger partial charge in [-0.3, -0.25) is 9.59 Å². The van der Waals surface area contributed by atoms with E-state index >= 15 is 9.59 Å². The Morgan fingerprint density at radius 1 is 0.237 bits per heavy atom. The summed E-state index contributed by atoms with van der Waals surface area (Å²) in [4.78, 5) is 31.6. The van der Waals surface area contributed by atoms with Crippen LogP contribution in [0, 0.1) is 0 Å². The maximum absolute atomic E-state index is 15.8. The second-order valence-corrected chi connectivity index (χ2v) is 21.8. The minimum absolute atomic E-state index is 0.204. The molecule has 0 saturated carbocycles. The van der Waals surface area contributed by atoms with Crippen molar-refractivity contribution >= 4 is 57.1 Å². The highest BCUT2D eigenvalue weighted by atomic mass is 16.1. The zero-order valence-corrected chi connectivity index (χ0v) is 47.2. The van der Waals surface area contributed by atoms with Crippen LogP contribution in [0.25, 0.3) is 0 Å². The summed E-state index contributed by atoms with van der Waals surface area (Å²) in [6.07, 6.45) is 34.5. The lowest BCUT2D eigenvalue weighted by atomic mass is 9.80. The normalized spacial score (nSPS) is 11.9. The van der Waals surface area contributed by atoms with E-state index in [4.69, 9.17) is 0 Å². The molecule has 6 heteroatoms. The van der Waals surface area contributed by atoms with E-state index in [0.29, 0.717) is 45.0 Å². The van der Waals surface area contributed by atoms with Gasteiger partial charge in [0, 0.05) is 22.7 Å². The van der Waals surface area contributed by atoms with Crippen molar-refractivity contribution in [1.82, 2.24) is 0 Å². The molecule has 4 N–H and O–H groups in total. The lowest BCUT2D eigenvalue weighted by molar-refractivity contribution is 0.0981. The molecule has 0 spiro atoms. The molecule has 0 radical (unpaired) electrons. The Hall–Kier alpha value is -6.14. The van der Waals surface area contributed by atoms with Gasteiger partial charge in [-0.1, -0.05) is 205 Å². The molecule has 0 aliphatic heterocycles. The van der Waals surface area contributed by atoms with Crippen molar-refractivity contribution in [2.45, 2.75) is 207 Å². The highest BCUT2D eigenvalue weighted by Crippen LogP contribution is 2.44. The summed E-state index contributed by atoms with van der Waals surface area (Å²) in [7, 11) is 0. The molecular formula is C70H92N4O2. The van der Waals surface area contributed by atoms with Gasteiger partial charge in [0.05, 0.1) is 45.0 Å². The topological polar surface area (TPSA) is 82.3 Å². The molecule has 6 nitrogen and oxygen atoms in total. The molecule has 0 unspecified atom stereocenters. The van der Waals surface area contributed by atoms with Crippen LogP contribution in [0.15, 0.2) is 121 Å². The molecule has 0 heterocycles. The Labute approximate surface area is 459 Å². The summed E-state index contributed by atoms with van der Waals surface area (Å²) in [6, 6.07) is 42.2. The van der Waals surface area contributed by atoms with Gasteiger partial charge in [-0.15, -0.1) is 0 Å². The number of rotatable bonds is 36. The first kappa shape index (κ1) is 57.6. The fraction of sp³-hybridized carbons (Fsp3) is 0.457. The van der Waals surface area contributed by atoms with Gasteiger partial charge in [0.2, 0.25) is 0 Å². The molecule has 0 saturated heterocycles. The van der Waals surface area contributed by atoms with Crippen LogP contribution >= 0.6 is 0 Å². The molecule has 0 bridgehead atoms. The number of fused-ring (bicyclic) bond motifs is 2. The van der Waals surface area contributed by atoms with Crippen LogP contribution < -0.4 is 21.3 Å². The smallest absolute Gasteiger partial charge is 0.198 e. The first-order valence-corrected chi connectivity index (χ1v) is 30.3. The summed E-state index contributed by atoms with van der Waals surface area (Å²) >= 11 is 0. The first-order chi connectivity index (χ1) is 37.4. The van der Waals surface area contributed by atoms with Crippen LogP contribution in [0.4, 0.5) is 45.5 Å². The van der Waals surface area contributed by atoms with Crippen molar-refractivity contribution in [1.29, 1.82) is 0 Å². The third-order valence-corrected chi connectivity index (χ3v) is 15.5. The molecule has 1 aliphatic carbocycles. The van der Waals surface area contributed by atoms with Crippen LogP contribution in [0.2, 0.25) is 0 Å². The average molecular weight is 1020 g/mol. The number of unbranched alkanes of at least 4 members (excludes halogenated alkanes) is 20. The van der Waals surface area contributed by atoms with Crippen molar-refractivity contribution in [3.05, 3.63) is 166 Å². The van der Waals surface area contributed by atoms with Gasteiger partial charge in [-0.05, 0) is 146 Å².